The molecule has 0 spiro atoms. The molecule has 0 aliphatic rings. The molecule has 108 valence electrons. The minimum atomic E-state index is -4.71. The second-order valence-corrected chi connectivity index (χ2v) is 4.28. The summed E-state index contributed by atoms with van der Waals surface area (Å²) in [7, 11) is 1.42. The summed E-state index contributed by atoms with van der Waals surface area (Å²) in [5.41, 5.74) is -1.90. The van der Waals surface area contributed by atoms with Gasteiger partial charge in [-0.05, 0) is 13.0 Å². The van der Waals surface area contributed by atoms with Crippen molar-refractivity contribution in [1.29, 1.82) is 5.26 Å². The Hall–Kier alpha value is -2.30. The first-order valence-corrected chi connectivity index (χ1v) is 5.64. The van der Waals surface area contributed by atoms with Gasteiger partial charge in [0.1, 0.15) is 0 Å². The number of alkyl halides is 3. The Morgan fingerprint density at radius 1 is 1.50 bits per heavy atom. The van der Waals surface area contributed by atoms with E-state index < -0.39 is 28.4 Å². The van der Waals surface area contributed by atoms with Gasteiger partial charge in [0.05, 0.1) is 23.0 Å². The second-order valence-electron chi connectivity index (χ2n) is 4.28. The Balaban J connectivity index is 3.33. The Morgan fingerprint density at radius 3 is 2.55 bits per heavy atom. The monoisotopic (exact) mass is 287 g/mol. The number of benzene rings is 1. The number of anilines is 1. The van der Waals surface area contributed by atoms with Crippen LogP contribution in [0.1, 0.15) is 18.9 Å². The molecule has 0 radical (unpaired) electrons. The van der Waals surface area contributed by atoms with Gasteiger partial charge >= 0.3 is 6.18 Å². The largest absolute Gasteiger partial charge is 0.418 e. The van der Waals surface area contributed by atoms with Crippen LogP contribution in [0.25, 0.3) is 0 Å². The first-order valence-electron chi connectivity index (χ1n) is 5.64. The number of nitro benzene ring substituents is 1. The summed E-state index contributed by atoms with van der Waals surface area (Å²) in [6, 6.07) is 4.00. The number of non-ortho nitro benzene ring substituents is 1. The molecule has 1 aromatic rings. The second kappa shape index (κ2) is 5.77. The zero-order chi connectivity index (χ0) is 15.5. The van der Waals surface area contributed by atoms with Gasteiger partial charge in [-0.1, -0.05) is 0 Å². The van der Waals surface area contributed by atoms with E-state index in [2.05, 4.69) is 0 Å². The lowest BCUT2D eigenvalue weighted by atomic mass is 10.1. The zero-order valence-corrected chi connectivity index (χ0v) is 10.8. The van der Waals surface area contributed by atoms with Gasteiger partial charge in [0, 0.05) is 30.9 Å². The van der Waals surface area contributed by atoms with Crippen molar-refractivity contribution in [2.24, 2.45) is 0 Å². The van der Waals surface area contributed by atoms with Crippen molar-refractivity contribution >= 4 is 11.4 Å². The number of hydrogen-bond acceptors (Lipinski definition) is 4. The summed E-state index contributed by atoms with van der Waals surface area (Å²) in [5, 5.41) is 19.2. The molecule has 0 heterocycles. The van der Waals surface area contributed by atoms with E-state index >= 15 is 0 Å². The fourth-order valence-electron chi connectivity index (χ4n) is 1.68. The maximum Gasteiger partial charge on any atom is 0.418 e. The van der Waals surface area contributed by atoms with E-state index in [1.54, 1.807) is 6.92 Å². The average molecular weight is 287 g/mol. The molecule has 1 aromatic carbocycles. The Labute approximate surface area is 113 Å². The van der Waals surface area contributed by atoms with Crippen molar-refractivity contribution in [3.05, 3.63) is 33.9 Å². The standard InChI is InChI=1S/C12H12F3N3O2/c1-8(5-6-16)17(2)11-4-3-9(18(19)20)7-10(11)12(13,14)15/h3-4,7-8H,5H2,1-2H3. The number of nitro groups is 1. The maximum absolute atomic E-state index is 13.0. The summed E-state index contributed by atoms with van der Waals surface area (Å²) in [6.07, 6.45) is -4.66. The van der Waals surface area contributed by atoms with Crippen molar-refractivity contribution in [2.45, 2.75) is 25.6 Å². The van der Waals surface area contributed by atoms with Crippen LogP contribution in [-0.2, 0) is 6.18 Å². The number of nitrogens with zero attached hydrogens (tertiary/aromatic N) is 3. The van der Waals surface area contributed by atoms with Gasteiger partial charge < -0.3 is 4.90 Å². The van der Waals surface area contributed by atoms with Crippen molar-refractivity contribution < 1.29 is 18.1 Å². The third kappa shape index (κ3) is 3.38. The van der Waals surface area contributed by atoms with E-state index in [0.29, 0.717) is 6.07 Å². The van der Waals surface area contributed by atoms with Gasteiger partial charge in [-0.2, -0.15) is 18.4 Å². The predicted molar refractivity (Wildman–Crippen MR) is 66.2 cm³/mol. The number of hydrogen-bond donors (Lipinski definition) is 0. The highest BCUT2D eigenvalue weighted by atomic mass is 19.4. The maximum atomic E-state index is 13.0. The van der Waals surface area contributed by atoms with Crippen LogP contribution in [0.4, 0.5) is 24.5 Å². The molecule has 8 heteroatoms. The predicted octanol–water partition coefficient (Wildman–Crippen LogP) is 3.35. The summed E-state index contributed by atoms with van der Waals surface area (Å²) in [6.45, 7) is 1.60. The molecule has 20 heavy (non-hydrogen) atoms. The zero-order valence-electron chi connectivity index (χ0n) is 10.8. The number of halogens is 3. The smallest absolute Gasteiger partial charge is 0.370 e. The van der Waals surface area contributed by atoms with Crippen LogP contribution in [-0.4, -0.2) is 18.0 Å². The fraction of sp³-hybridized carbons (Fsp3) is 0.417. The first-order chi connectivity index (χ1) is 9.18. The summed E-state index contributed by atoms with van der Waals surface area (Å²) >= 11 is 0. The lowest BCUT2D eigenvalue weighted by Crippen LogP contribution is -2.30. The topological polar surface area (TPSA) is 70.2 Å². The molecule has 0 aliphatic heterocycles. The van der Waals surface area contributed by atoms with E-state index in [0.717, 1.165) is 12.1 Å². The van der Waals surface area contributed by atoms with Crippen LogP contribution >= 0.6 is 0 Å². The average Bonchev–Trinajstić information content (AvgIpc) is 2.36. The van der Waals surface area contributed by atoms with Crippen LogP contribution in [0, 0.1) is 21.4 Å². The molecule has 1 atom stereocenters. The number of nitriles is 1. The molecule has 0 N–H and O–H groups in total. The van der Waals surface area contributed by atoms with Crippen LogP contribution in [0.15, 0.2) is 18.2 Å². The van der Waals surface area contributed by atoms with Crippen LogP contribution < -0.4 is 4.90 Å². The van der Waals surface area contributed by atoms with Crippen molar-refractivity contribution in [1.82, 2.24) is 0 Å². The van der Waals surface area contributed by atoms with Crippen molar-refractivity contribution in [3.8, 4) is 6.07 Å². The molecule has 1 rings (SSSR count). The Bertz CT molecular complexity index is 552. The molecule has 1 unspecified atom stereocenters. The van der Waals surface area contributed by atoms with E-state index in [1.807, 2.05) is 6.07 Å². The molecule has 0 amide bonds. The highest BCUT2D eigenvalue weighted by molar-refractivity contribution is 5.59. The van der Waals surface area contributed by atoms with Crippen molar-refractivity contribution in [2.75, 3.05) is 11.9 Å². The highest BCUT2D eigenvalue weighted by Gasteiger charge is 2.36. The quantitative estimate of drug-likeness (QED) is 0.629. The molecule has 0 saturated carbocycles. The highest BCUT2D eigenvalue weighted by Crippen LogP contribution is 2.39. The third-order valence-electron chi connectivity index (χ3n) is 2.92. The summed E-state index contributed by atoms with van der Waals surface area (Å²) in [5.74, 6) is 0. The fourth-order valence-corrected chi connectivity index (χ4v) is 1.68. The van der Waals surface area contributed by atoms with Gasteiger partial charge in [-0.3, -0.25) is 10.1 Å². The van der Waals surface area contributed by atoms with E-state index in [1.165, 1.54) is 11.9 Å². The van der Waals surface area contributed by atoms with E-state index in [9.17, 15) is 23.3 Å². The first kappa shape index (κ1) is 15.8. The van der Waals surface area contributed by atoms with Gasteiger partial charge in [0.15, 0.2) is 0 Å². The van der Waals surface area contributed by atoms with Gasteiger partial charge in [-0.15, -0.1) is 0 Å². The minimum absolute atomic E-state index is 0.0464. The molecule has 0 aliphatic carbocycles. The molecule has 0 saturated heterocycles. The normalized spacial score (nSPS) is 12.6. The molecule has 0 fully saturated rings. The minimum Gasteiger partial charge on any atom is -0.370 e. The molecule has 0 aromatic heterocycles. The van der Waals surface area contributed by atoms with E-state index in [4.69, 9.17) is 5.26 Å². The Morgan fingerprint density at radius 2 is 2.10 bits per heavy atom. The van der Waals surface area contributed by atoms with Gasteiger partial charge in [0.25, 0.3) is 5.69 Å². The molecular formula is C12H12F3N3O2. The van der Waals surface area contributed by atoms with Crippen LogP contribution in [0.5, 0.6) is 0 Å². The number of rotatable bonds is 4. The molecule has 0 bridgehead atoms. The Kier molecular flexibility index (Phi) is 4.55. The molecular weight excluding hydrogens is 275 g/mol. The summed E-state index contributed by atoms with van der Waals surface area (Å²) < 4.78 is 39.0. The van der Waals surface area contributed by atoms with Crippen LogP contribution in [0.3, 0.4) is 0 Å². The SMILES string of the molecule is CC(CC#N)N(C)c1ccc([N+](=O)[O-])cc1C(F)(F)F. The lowest BCUT2D eigenvalue weighted by Gasteiger charge is -2.28. The van der Waals surface area contributed by atoms with Crippen LogP contribution in [0.2, 0.25) is 0 Å². The van der Waals surface area contributed by atoms with E-state index in [-0.39, 0.29) is 12.1 Å². The van der Waals surface area contributed by atoms with Gasteiger partial charge in [-0.25, -0.2) is 0 Å². The van der Waals surface area contributed by atoms with Crippen molar-refractivity contribution in [3.63, 3.8) is 0 Å². The molecule has 5 nitrogen and oxygen atoms in total. The third-order valence-corrected chi connectivity index (χ3v) is 2.92. The summed E-state index contributed by atoms with van der Waals surface area (Å²) in [4.78, 5) is 11.0. The van der Waals surface area contributed by atoms with Gasteiger partial charge in [0.2, 0.25) is 0 Å². The lowest BCUT2D eigenvalue weighted by molar-refractivity contribution is -0.385.